The Hall–Kier alpha value is -1.86. The summed E-state index contributed by atoms with van der Waals surface area (Å²) < 4.78 is 27.9. The maximum absolute atomic E-state index is 12.0. The van der Waals surface area contributed by atoms with E-state index < -0.39 is 10.0 Å². The van der Waals surface area contributed by atoms with Crippen LogP contribution in [0, 0.1) is 0 Å². The number of imidazole rings is 1. The largest absolute Gasteiger partial charge is 0.339 e. The van der Waals surface area contributed by atoms with E-state index in [9.17, 15) is 8.42 Å². The van der Waals surface area contributed by atoms with Gasteiger partial charge >= 0.3 is 0 Å². The number of benzene rings is 1. The third kappa shape index (κ3) is 2.69. The Kier molecular flexibility index (Phi) is 3.35. The number of nitrogens with one attached hydrogen (secondary N) is 1. The highest BCUT2D eigenvalue weighted by molar-refractivity contribution is 7.92. The molecule has 0 radical (unpaired) electrons. The Morgan fingerprint density at radius 1 is 1.33 bits per heavy atom. The fourth-order valence-corrected chi connectivity index (χ4v) is 2.49. The molecule has 0 aliphatic rings. The first-order valence-corrected chi connectivity index (χ1v) is 6.79. The molecule has 0 unspecified atom stereocenters. The summed E-state index contributed by atoms with van der Waals surface area (Å²) in [6, 6.07) is 6.89. The first-order valence-electron chi connectivity index (χ1n) is 5.31. The van der Waals surface area contributed by atoms with Crippen LogP contribution in [-0.2, 0) is 23.6 Å². The molecular weight excluding hydrogens is 252 g/mol. The molecule has 0 aliphatic carbocycles. The van der Waals surface area contributed by atoms with E-state index >= 15 is 0 Å². The van der Waals surface area contributed by atoms with Gasteiger partial charge in [0.15, 0.2) is 5.03 Å². The van der Waals surface area contributed by atoms with Crippen LogP contribution in [0.25, 0.3) is 0 Å². The normalized spacial score (nSPS) is 11.4. The average molecular weight is 266 g/mol. The van der Waals surface area contributed by atoms with Crippen molar-refractivity contribution in [1.29, 1.82) is 0 Å². The van der Waals surface area contributed by atoms with Gasteiger partial charge in [0.05, 0.1) is 6.33 Å². The van der Waals surface area contributed by atoms with Gasteiger partial charge in [-0.1, -0.05) is 12.1 Å². The molecule has 1 aromatic heterocycles. The van der Waals surface area contributed by atoms with Gasteiger partial charge in [0.1, 0.15) is 0 Å². The first-order chi connectivity index (χ1) is 8.51. The molecule has 0 saturated carbocycles. The molecule has 2 aromatic rings. The maximum atomic E-state index is 12.0. The molecule has 6 nitrogen and oxygen atoms in total. The Morgan fingerprint density at radius 3 is 2.50 bits per heavy atom. The van der Waals surface area contributed by atoms with Crippen molar-refractivity contribution in [2.75, 3.05) is 4.72 Å². The molecule has 0 amide bonds. The van der Waals surface area contributed by atoms with Gasteiger partial charge in [0, 0.05) is 25.5 Å². The zero-order valence-corrected chi connectivity index (χ0v) is 10.7. The number of aromatic nitrogens is 2. The fraction of sp³-hybridized carbons (Fsp3) is 0.182. The second-order valence-corrected chi connectivity index (χ2v) is 5.51. The van der Waals surface area contributed by atoms with Crippen LogP contribution in [-0.4, -0.2) is 18.0 Å². The van der Waals surface area contributed by atoms with E-state index in [4.69, 9.17) is 5.73 Å². The minimum atomic E-state index is -3.63. The van der Waals surface area contributed by atoms with E-state index in [2.05, 4.69) is 9.71 Å². The number of hydrogen-bond acceptors (Lipinski definition) is 4. The summed E-state index contributed by atoms with van der Waals surface area (Å²) in [5, 5.41) is -0.00657. The lowest BCUT2D eigenvalue weighted by Gasteiger charge is -2.06. The monoisotopic (exact) mass is 266 g/mol. The minimum absolute atomic E-state index is 0.00657. The van der Waals surface area contributed by atoms with Gasteiger partial charge in [-0.05, 0) is 17.7 Å². The van der Waals surface area contributed by atoms with E-state index in [1.807, 2.05) is 0 Å². The molecule has 0 fully saturated rings. The van der Waals surface area contributed by atoms with Gasteiger partial charge in [0.25, 0.3) is 10.0 Å². The molecule has 0 bridgehead atoms. The minimum Gasteiger partial charge on any atom is -0.339 e. The van der Waals surface area contributed by atoms with Crippen LogP contribution in [0.4, 0.5) is 5.69 Å². The molecule has 96 valence electrons. The topological polar surface area (TPSA) is 90.0 Å². The molecule has 7 heteroatoms. The van der Waals surface area contributed by atoms with Crippen LogP contribution in [0.2, 0.25) is 0 Å². The molecule has 2 rings (SSSR count). The van der Waals surface area contributed by atoms with E-state index in [1.165, 1.54) is 12.5 Å². The van der Waals surface area contributed by atoms with Crippen molar-refractivity contribution in [3.63, 3.8) is 0 Å². The van der Waals surface area contributed by atoms with Crippen LogP contribution in [0.15, 0.2) is 41.8 Å². The lowest BCUT2D eigenvalue weighted by atomic mass is 10.2. The van der Waals surface area contributed by atoms with Gasteiger partial charge in [-0.25, -0.2) is 4.98 Å². The smallest absolute Gasteiger partial charge is 0.280 e. The van der Waals surface area contributed by atoms with E-state index in [0.717, 1.165) is 5.56 Å². The Bertz CT molecular complexity index is 631. The number of rotatable bonds is 4. The standard InChI is InChI=1S/C11H14N4O2S/c1-15-7-11(13-8-15)18(16,17)14-10-4-2-9(6-12)3-5-10/h2-5,7-8,14H,6,12H2,1H3. The maximum Gasteiger partial charge on any atom is 0.280 e. The third-order valence-electron chi connectivity index (χ3n) is 2.40. The van der Waals surface area contributed by atoms with Crippen molar-refractivity contribution >= 4 is 15.7 Å². The fourth-order valence-electron chi connectivity index (χ4n) is 1.44. The van der Waals surface area contributed by atoms with Gasteiger partial charge in [-0.15, -0.1) is 0 Å². The number of sulfonamides is 1. The second kappa shape index (κ2) is 4.79. The van der Waals surface area contributed by atoms with Crippen LogP contribution in [0.3, 0.4) is 0 Å². The lowest BCUT2D eigenvalue weighted by molar-refractivity contribution is 0.598. The van der Waals surface area contributed by atoms with E-state index in [1.54, 1.807) is 35.9 Å². The third-order valence-corrected chi connectivity index (χ3v) is 3.66. The van der Waals surface area contributed by atoms with Crippen molar-refractivity contribution in [3.8, 4) is 0 Å². The lowest BCUT2D eigenvalue weighted by Crippen LogP contribution is -2.13. The molecule has 0 saturated heterocycles. The summed E-state index contributed by atoms with van der Waals surface area (Å²) in [7, 11) is -1.91. The number of hydrogen-bond donors (Lipinski definition) is 2. The average Bonchev–Trinajstić information content (AvgIpc) is 2.77. The number of nitrogens with two attached hydrogens (primary N) is 1. The van der Waals surface area contributed by atoms with Crippen molar-refractivity contribution in [1.82, 2.24) is 9.55 Å². The first kappa shape index (κ1) is 12.6. The number of aryl methyl sites for hydroxylation is 1. The Balaban J connectivity index is 2.22. The van der Waals surface area contributed by atoms with Crippen molar-refractivity contribution < 1.29 is 8.42 Å². The van der Waals surface area contributed by atoms with Gasteiger partial charge in [-0.2, -0.15) is 8.42 Å². The van der Waals surface area contributed by atoms with Gasteiger partial charge < -0.3 is 10.3 Å². The van der Waals surface area contributed by atoms with E-state index in [-0.39, 0.29) is 5.03 Å². The van der Waals surface area contributed by atoms with Crippen LogP contribution in [0.1, 0.15) is 5.56 Å². The van der Waals surface area contributed by atoms with Crippen molar-refractivity contribution in [3.05, 3.63) is 42.4 Å². The summed E-state index contributed by atoms with van der Waals surface area (Å²) in [5.74, 6) is 0. The van der Waals surface area contributed by atoms with Crippen LogP contribution in [0.5, 0.6) is 0 Å². The van der Waals surface area contributed by atoms with Gasteiger partial charge in [-0.3, -0.25) is 4.72 Å². The highest BCUT2D eigenvalue weighted by atomic mass is 32.2. The summed E-state index contributed by atoms with van der Waals surface area (Å²) >= 11 is 0. The second-order valence-electron chi connectivity index (χ2n) is 3.88. The summed E-state index contributed by atoms with van der Waals surface area (Å²) in [4.78, 5) is 3.81. The Labute approximate surface area is 106 Å². The molecule has 0 aliphatic heterocycles. The Morgan fingerprint density at radius 2 is 2.00 bits per heavy atom. The van der Waals surface area contributed by atoms with E-state index in [0.29, 0.717) is 12.2 Å². The zero-order valence-electron chi connectivity index (χ0n) is 9.87. The SMILES string of the molecule is Cn1cnc(S(=O)(=O)Nc2ccc(CN)cc2)c1. The number of anilines is 1. The van der Waals surface area contributed by atoms with Crippen molar-refractivity contribution in [2.45, 2.75) is 11.6 Å². The number of nitrogens with zero attached hydrogens (tertiary/aromatic N) is 2. The van der Waals surface area contributed by atoms with Crippen LogP contribution >= 0.6 is 0 Å². The highest BCUT2D eigenvalue weighted by Gasteiger charge is 2.16. The highest BCUT2D eigenvalue weighted by Crippen LogP contribution is 2.14. The summed E-state index contributed by atoms with van der Waals surface area (Å²) in [6.07, 6.45) is 2.88. The zero-order chi connectivity index (χ0) is 13.2. The quantitative estimate of drug-likeness (QED) is 0.851. The molecule has 3 N–H and O–H groups in total. The predicted molar refractivity (Wildman–Crippen MR) is 68.3 cm³/mol. The molecule has 0 atom stereocenters. The predicted octanol–water partition coefficient (Wildman–Crippen LogP) is 0.680. The molecule has 0 spiro atoms. The summed E-state index contributed by atoms with van der Waals surface area (Å²) in [6.45, 7) is 0.424. The summed E-state index contributed by atoms with van der Waals surface area (Å²) in [5.41, 5.74) is 6.89. The van der Waals surface area contributed by atoms with Gasteiger partial charge in [0.2, 0.25) is 0 Å². The molecule has 18 heavy (non-hydrogen) atoms. The molecule has 1 aromatic carbocycles. The van der Waals surface area contributed by atoms with Crippen LogP contribution < -0.4 is 10.5 Å². The molecule has 1 heterocycles. The molecular formula is C11H14N4O2S. The van der Waals surface area contributed by atoms with Crippen molar-refractivity contribution in [2.24, 2.45) is 12.8 Å².